The second-order valence-corrected chi connectivity index (χ2v) is 7.37. The Morgan fingerprint density at radius 1 is 1.32 bits per heavy atom. The van der Waals surface area contributed by atoms with Crippen molar-refractivity contribution in [1.82, 2.24) is 9.88 Å². The molecule has 1 N–H and O–H groups in total. The number of hydrogen-bond donors (Lipinski definition) is 1. The van der Waals surface area contributed by atoms with Crippen LogP contribution in [0.2, 0.25) is 0 Å². The summed E-state index contributed by atoms with van der Waals surface area (Å²) in [5, 5.41) is 3.16. The molecule has 1 aliphatic carbocycles. The van der Waals surface area contributed by atoms with Gasteiger partial charge in [-0.3, -0.25) is 4.79 Å². The number of likely N-dealkylation sites (tertiary alicyclic amines) is 1. The van der Waals surface area contributed by atoms with Crippen LogP contribution in [0.3, 0.4) is 0 Å². The van der Waals surface area contributed by atoms with Gasteiger partial charge in [0.25, 0.3) is 0 Å². The summed E-state index contributed by atoms with van der Waals surface area (Å²) < 4.78 is 26.8. The fourth-order valence-corrected chi connectivity index (χ4v) is 4.14. The van der Waals surface area contributed by atoms with Crippen molar-refractivity contribution in [2.75, 3.05) is 18.4 Å². The molecule has 3 heterocycles. The van der Waals surface area contributed by atoms with Crippen LogP contribution in [0.1, 0.15) is 30.4 Å². The SMILES string of the molecule is C=C1CCc2cc(/C=C/C(=O)N3CC4CC(F)(F)CC4C3)cnc2N1. The maximum absolute atomic E-state index is 13.4. The van der Waals surface area contributed by atoms with Crippen molar-refractivity contribution in [2.24, 2.45) is 11.8 Å². The third-order valence-electron chi connectivity index (χ3n) is 5.41. The first kappa shape index (κ1) is 16.2. The van der Waals surface area contributed by atoms with Crippen molar-refractivity contribution < 1.29 is 13.6 Å². The minimum Gasteiger partial charge on any atom is -0.344 e. The minimum absolute atomic E-state index is 0.0584. The zero-order valence-corrected chi connectivity index (χ0v) is 14.0. The van der Waals surface area contributed by atoms with Gasteiger partial charge in [0.1, 0.15) is 5.82 Å². The van der Waals surface area contributed by atoms with Crippen LogP contribution in [-0.4, -0.2) is 34.8 Å². The molecular weight excluding hydrogens is 324 g/mol. The molecule has 2 unspecified atom stereocenters. The van der Waals surface area contributed by atoms with Crippen LogP contribution in [0.4, 0.5) is 14.6 Å². The fraction of sp³-hybridized carbons (Fsp3) is 0.474. The number of fused-ring (bicyclic) bond motifs is 2. The Morgan fingerprint density at radius 3 is 2.76 bits per heavy atom. The summed E-state index contributed by atoms with van der Waals surface area (Å²) in [5.41, 5.74) is 2.94. The number of allylic oxidation sites excluding steroid dienone is 1. The van der Waals surface area contributed by atoms with E-state index in [9.17, 15) is 13.6 Å². The van der Waals surface area contributed by atoms with Crippen molar-refractivity contribution >= 4 is 17.8 Å². The Labute approximate surface area is 145 Å². The van der Waals surface area contributed by atoms with E-state index >= 15 is 0 Å². The Kier molecular flexibility index (Phi) is 3.85. The van der Waals surface area contributed by atoms with Gasteiger partial charge in [0.15, 0.2) is 0 Å². The van der Waals surface area contributed by atoms with Gasteiger partial charge in [0.2, 0.25) is 11.8 Å². The average Bonchev–Trinajstić information content (AvgIpc) is 3.06. The van der Waals surface area contributed by atoms with E-state index in [0.29, 0.717) is 13.1 Å². The maximum atomic E-state index is 13.4. The van der Waals surface area contributed by atoms with E-state index in [1.165, 1.54) is 6.08 Å². The summed E-state index contributed by atoms with van der Waals surface area (Å²) >= 11 is 0. The number of carbonyl (C=O) groups is 1. The number of rotatable bonds is 2. The number of alkyl halides is 2. The van der Waals surface area contributed by atoms with Gasteiger partial charge >= 0.3 is 0 Å². The predicted octanol–water partition coefficient (Wildman–Crippen LogP) is 3.47. The van der Waals surface area contributed by atoms with Gasteiger partial charge in [-0.1, -0.05) is 6.58 Å². The van der Waals surface area contributed by atoms with Gasteiger partial charge in [-0.05, 0) is 47.9 Å². The molecule has 0 radical (unpaired) electrons. The number of carbonyl (C=O) groups excluding carboxylic acids is 1. The zero-order valence-electron chi connectivity index (χ0n) is 14.0. The highest BCUT2D eigenvalue weighted by Gasteiger charge is 2.50. The van der Waals surface area contributed by atoms with E-state index in [-0.39, 0.29) is 30.6 Å². The zero-order chi connectivity index (χ0) is 17.6. The Balaban J connectivity index is 1.40. The van der Waals surface area contributed by atoms with Gasteiger partial charge < -0.3 is 10.2 Å². The first-order valence-corrected chi connectivity index (χ1v) is 8.68. The van der Waals surface area contributed by atoms with Crippen LogP contribution in [0.5, 0.6) is 0 Å². The molecule has 3 aliphatic rings. The molecular formula is C19H21F2N3O. The van der Waals surface area contributed by atoms with Crippen LogP contribution in [0.15, 0.2) is 30.6 Å². The largest absolute Gasteiger partial charge is 0.344 e. The molecule has 0 spiro atoms. The highest BCUT2D eigenvalue weighted by molar-refractivity contribution is 5.92. The molecule has 0 bridgehead atoms. The summed E-state index contributed by atoms with van der Waals surface area (Å²) in [7, 11) is 0. The lowest BCUT2D eigenvalue weighted by molar-refractivity contribution is -0.125. The summed E-state index contributed by atoms with van der Waals surface area (Å²) in [6.07, 6.45) is 6.58. The van der Waals surface area contributed by atoms with Crippen LogP contribution in [-0.2, 0) is 11.2 Å². The number of nitrogens with one attached hydrogen (secondary N) is 1. The molecule has 2 fully saturated rings. The van der Waals surface area contributed by atoms with E-state index in [4.69, 9.17) is 0 Å². The highest BCUT2D eigenvalue weighted by Crippen LogP contribution is 2.46. The molecule has 1 aromatic heterocycles. The van der Waals surface area contributed by atoms with Crippen molar-refractivity contribution in [3.8, 4) is 0 Å². The number of anilines is 1. The van der Waals surface area contributed by atoms with Crippen LogP contribution in [0, 0.1) is 11.8 Å². The molecule has 4 rings (SSSR count). The molecule has 1 amide bonds. The molecule has 0 aromatic carbocycles. The van der Waals surface area contributed by atoms with E-state index in [1.54, 1.807) is 17.2 Å². The molecule has 1 saturated carbocycles. The molecule has 25 heavy (non-hydrogen) atoms. The summed E-state index contributed by atoms with van der Waals surface area (Å²) in [5.74, 6) is -1.95. The molecule has 1 saturated heterocycles. The number of nitrogens with zero attached hydrogens (tertiary/aromatic N) is 2. The van der Waals surface area contributed by atoms with Crippen molar-refractivity contribution in [1.29, 1.82) is 0 Å². The smallest absolute Gasteiger partial charge is 0.248 e. The van der Waals surface area contributed by atoms with Crippen molar-refractivity contribution in [2.45, 2.75) is 31.6 Å². The number of pyridine rings is 1. The van der Waals surface area contributed by atoms with E-state index in [2.05, 4.69) is 16.9 Å². The number of amides is 1. The van der Waals surface area contributed by atoms with E-state index in [0.717, 1.165) is 35.5 Å². The first-order chi connectivity index (χ1) is 11.9. The lowest BCUT2D eigenvalue weighted by Crippen LogP contribution is -2.29. The monoisotopic (exact) mass is 345 g/mol. The molecule has 6 heteroatoms. The van der Waals surface area contributed by atoms with E-state index < -0.39 is 5.92 Å². The molecule has 4 nitrogen and oxygen atoms in total. The minimum atomic E-state index is -2.55. The predicted molar refractivity (Wildman–Crippen MR) is 92.1 cm³/mol. The molecule has 132 valence electrons. The highest BCUT2D eigenvalue weighted by atomic mass is 19.3. The lowest BCUT2D eigenvalue weighted by Gasteiger charge is -2.19. The van der Waals surface area contributed by atoms with Gasteiger partial charge in [-0.15, -0.1) is 0 Å². The van der Waals surface area contributed by atoms with Crippen LogP contribution < -0.4 is 5.32 Å². The third kappa shape index (κ3) is 3.30. The quantitative estimate of drug-likeness (QED) is 0.835. The van der Waals surface area contributed by atoms with Crippen molar-refractivity contribution in [3.05, 3.63) is 41.7 Å². The average molecular weight is 345 g/mol. The van der Waals surface area contributed by atoms with Gasteiger partial charge in [-0.25, -0.2) is 13.8 Å². The standard InChI is InChI=1S/C19H21F2N3O/c1-12-2-4-14-6-13(9-22-18(14)23-12)3-5-17(25)24-10-15-7-19(20,21)8-16(15)11-24/h3,5-6,9,15-16H,1-2,4,7-8,10-11H2,(H,22,23)/b5-3+. The molecule has 2 atom stereocenters. The summed E-state index contributed by atoms with van der Waals surface area (Å²) in [6.45, 7) is 4.79. The number of hydrogen-bond acceptors (Lipinski definition) is 3. The Hall–Kier alpha value is -2.24. The Morgan fingerprint density at radius 2 is 2.04 bits per heavy atom. The first-order valence-electron chi connectivity index (χ1n) is 8.68. The second kappa shape index (κ2) is 5.93. The molecule has 2 aliphatic heterocycles. The van der Waals surface area contributed by atoms with Crippen LogP contribution >= 0.6 is 0 Å². The number of halogens is 2. The summed E-state index contributed by atoms with van der Waals surface area (Å²) in [6, 6.07) is 2.02. The number of aromatic nitrogens is 1. The van der Waals surface area contributed by atoms with E-state index in [1.807, 2.05) is 6.07 Å². The maximum Gasteiger partial charge on any atom is 0.248 e. The third-order valence-corrected chi connectivity index (χ3v) is 5.41. The summed E-state index contributed by atoms with van der Waals surface area (Å²) in [4.78, 5) is 18.4. The fourth-order valence-electron chi connectivity index (χ4n) is 4.14. The van der Waals surface area contributed by atoms with Crippen LogP contribution in [0.25, 0.3) is 6.08 Å². The normalized spacial score (nSPS) is 27.3. The van der Waals surface area contributed by atoms with Gasteiger partial charge in [-0.2, -0.15) is 0 Å². The topological polar surface area (TPSA) is 45.2 Å². The lowest BCUT2D eigenvalue weighted by atomic mass is 10.0. The van der Waals surface area contributed by atoms with Gasteiger partial charge in [0, 0.05) is 43.9 Å². The second-order valence-electron chi connectivity index (χ2n) is 7.37. The van der Waals surface area contributed by atoms with Crippen molar-refractivity contribution in [3.63, 3.8) is 0 Å². The van der Waals surface area contributed by atoms with Gasteiger partial charge in [0.05, 0.1) is 0 Å². The Bertz CT molecular complexity index is 743. The number of aryl methyl sites for hydroxylation is 1. The molecule has 1 aromatic rings.